The molecule has 12 rings (SSSR count). The van der Waals surface area contributed by atoms with E-state index in [0.29, 0.717) is 22.2 Å². The van der Waals surface area contributed by atoms with Gasteiger partial charge in [-0.1, -0.05) is 0 Å². The first-order valence-corrected chi connectivity index (χ1v) is 15.0. The molecule has 0 spiro atoms. The van der Waals surface area contributed by atoms with E-state index in [1.165, 1.54) is 70.6 Å². The van der Waals surface area contributed by atoms with Crippen molar-refractivity contribution < 1.29 is 0 Å². The summed E-state index contributed by atoms with van der Waals surface area (Å²) in [5, 5.41) is 9.32. The molecule has 12 fully saturated rings. The molecule has 0 aromatic rings. The zero-order valence-corrected chi connectivity index (χ0v) is 20.3. The number of hydrogen-bond donors (Lipinski definition) is 2. The van der Waals surface area contributed by atoms with Gasteiger partial charge in [0, 0.05) is 22.2 Å². The zero-order chi connectivity index (χ0) is 20.8. The summed E-state index contributed by atoms with van der Waals surface area (Å²) in [7, 11) is 0. The Morgan fingerprint density at radius 2 is 0.562 bits per heavy atom. The number of hydrogen-bond acceptors (Lipinski definition) is 2. The normalized spacial score (nSPS) is 65.2. The van der Waals surface area contributed by atoms with Crippen LogP contribution in [-0.4, -0.2) is 22.2 Å². The molecule has 0 aromatic carbocycles. The van der Waals surface area contributed by atoms with Gasteiger partial charge < -0.3 is 10.6 Å². The van der Waals surface area contributed by atoms with Crippen LogP contribution in [0.1, 0.15) is 116 Å². The van der Waals surface area contributed by atoms with E-state index in [2.05, 4.69) is 10.6 Å². The molecule has 12 aliphatic carbocycles. The SMILES string of the molecule is C1C2CC3CC1CC(NC14CC5CC(C1)CC(NC16CC7CC(CC(C7)C1)C6)(C5)C4)(C2)C3. The van der Waals surface area contributed by atoms with Gasteiger partial charge in [-0.3, -0.25) is 0 Å². The Labute approximate surface area is 195 Å². The van der Waals surface area contributed by atoms with Crippen LogP contribution in [0.2, 0.25) is 0 Å². The van der Waals surface area contributed by atoms with Crippen molar-refractivity contribution in [3.63, 3.8) is 0 Å². The highest BCUT2D eigenvalue weighted by Crippen LogP contribution is 2.63. The van der Waals surface area contributed by atoms with Crippen LogP contribution >= 0.6 is 0 Å². The molecule has 2 heteroatoms. The van der Waals surface area contributed by atoms with Gasteiger partial charge in [0.2, 0.25) is 0 Å². The zero-order valence-electron chi connectivity index (χ0n) is 20.3. The summed E-state index contributed by atoms with van der Waals surface area (Å²) in [6.45, 7) is 0. The maximum Gasteiger partial charge on any atom is 0.0209 e. The molecule has 12 aliphatic rings. The third-order valence-corrected chi connectivity index (χ3v) is 13.2. The summed E-state index contributed by atoms with van der Waals surface area (Å²) in [6, 6.07) is 0. The first-order valence-electron chi connectivity index (χ1n) is 15.0. The second-order valence-electron chi connectivity index (χ2n) is 16.2. The molecule has 176 valence electrons. The first-order chi connectivity index (χ1) is 15.5. The van der Waals surface area contributed by atoms with Crippen LogP contribution in [0.5, 0.6) is 0 Å². The van der Waals surface area contributed by atoms with E-state index in [4.69, 9.17) is 0 Å². The van der Waals surface area contributed by atoms with E-state index in [0.717, 1.165) is 47.3 Å². The molecule has 0 amide bonds. The molecule has 2 N–H and O–H groups in total. The molecule has 0 atom stereocenters. The topological polar surface area (TPSA) is 24.1 Å². The minimum Gasteiger partial charge on any atom is -0.306 e. The average Bonchev–Trinajstić information content (AvgIpc) is 2.62. The fraction of sp³-hybridized carbons (Fsp3) is 1.00. The smallest absolute Gasteiger partial charge is 0.0209 e. The van der Waals surface area contributed by atoms with Crippen LogP contribution < -0.4 is 10.6 Å². The maximum atomic E-state index is 4.66. The third kappa shape index (κ3) is 2.72. The second kappa shape index (κ2) is 6.00. The van der Waals surface area contributed by atoms with Crippen molar-refractivity contribution in [2.45, 2.75) is 138 Å². The minimum atomic E-state index is 0.491. The Morgan fingerprint density at radius 1 is 0.312 bits per heavy atom. The predicted molar refractivity (Wildman–Crippen MR) is 128 cm³/mol. The summed E-state index contributed by atoms with van der Waals surface area (Å²) < 4.78 is 0. The summed E-state index contributed by atoms with van der Waals surface area (Å²) in [5.74, 6) is 8.45. The van der Waals surface area contributed by atoms with E-state index in [-0.39, 0.29) is 0 Å². The lowest BCUT2D eigenvalue weighted by Gasteiger charge is -2.69. The molecule has 32 heavy (non-hydrogen) atoms. The van der Waals surface area contributed by atoms with Gasteiger partial charge >= 0.3 is 0 Å². The highest BCUT2D eigenvalue weighted by Gasteiger charge is 2.63. The Morgan fingerprint density at radius 3 is 0.875 bits per heavy atom. The second-order valence-corrected chi connectivity index (χ2v) is 16.2. The van der Waals surface area contributed by atoms with Gasteiger partial charge in [0.15, 0.2) is 0 Å². The van der Waals surface area contributed by atoms with Crippen LogP contribution in [0.3, 0.4) is 0 Å². The van der Waals surface area contributed by atoms with E-state index in [1.54, 1.807) is 44.9 Å². The van der Waals surface area contributed by atoms with Crippen molar-refractivity contribution in [3.05, 3.63) is 0 Å². The molecule has 12 saturated carbocycles. The predicted octanol–water partition coefficient (Wildman–Crippen LogP) is 6.19. The Hall–Kier alpha value is -0.0800. The van der Waals surface area contributed by atoms with Crippen LogP contribution in [0, 0.1) is 47.3 Å². The molecular formula is C30H46N2. The fourth-order valence-corrected chi connectivity index (χ4v) is 14.2. The highest BCUT2D eigenvalue weighted by atomic mass is 15.1. The van der Waals surface area contributed by atoms with Crippen molar-refractivity contribution >= 4 is 0 Å². The highest BCUT2D eigenvalue weighted by molar-refractivity contribution is 5.21. The van der Waals surface area contributed by atoms with Gasteiger partial charge in [-0.2, -0.15) is 0 Å². The van der Waals surface area contributed by atoms with E-state index in [9.17, 15) is 0 Å². The molecule has 12 bridgehead atoms. The summed E-state index contributed by atoms with van der Waals surface area (Å²) in [4.78, 5) is 0. The van der Waals surface area contributed by atoms with Crippen LogP contribution in [0.15, 0.2) is 0 Å². The molecule has 2 nitrogen and oxygen atoms in total. The standard InChI is InChI=1S/C30H46N2/c1-19-2-21-3-20(1)9-27(8-19,10-21)31-29-14-25-7-26(15-29)17-30(16-25,18-29)32-28-11-22-4-23(12-28)6-24(5-22)13-28/h19-26,31-32H,1-18H2. The number of rotatable bonds is 4. The summed E-state index contributed by atoms with van der Waals surface area (Å²) in [5.41, 5.74) is 2.07. The number of nitrogens with one attached hydrogen (secondary N) is 2. The lowest BCUT2D eigenvalue weighted by Crippen LogP contribution is -2.76. The molecular weight excluding hydrogens is 388 g/mol. The van der Waals surface area contributed by atoms with E-state index < -0.39 is 0 Å². The van der Waals surface area contributed by atoms with Gasteiger partial charge in [0.25, 0.3) is 0 Å². The molecule has 0 aromatic heterocycles. The molecule has 0 unspecified atom stereocenters. The maximum absolute atomic E-state index is 4.66. The van der Waals surface area contributed by atoms with E-state index in [1.807, 2.05) is 0 Å². The minimum absolute atomic E-state index is 0.491. The Bertz CT molecular complexity index is 678. The Balaban J connectivity index is 1.02. The van der Waals surface area contributed by atoms with Gasteiger partial charge in [-0.05, 0) is 163 Å². The Kier molecular flexibility index (Phi) is 3.59. The summed E-state index contributed by atoms with van der Waals surface area (Å²) in [6.07, 6.45) is 27.8. The van der Waals surface area contributed by atoms with Crippen molar-refractivity contribution in [1.29, 1.82) is 0 Å². The van der Waals surface area contributed by atoms with Crippen LogP contribution in [0.4, 0.5) is 0 Å². The quantitative estimate of drug-likeness (QED) is 0.551. The monoisotopic (exact) mass is 434 g/mol. The van der Waals surface area contributed by atoms with Gasteiger partial charge in [0.1, 0.15) is 0 Å². The summed E-state index contributed by atoms with van der Waals surface area (Å²) >= 11 is 0. The van der Waals surface area contributed by atoms with Crippen molar-refractivity contribution in [2.24, 2.45) is 47.3 Å². The first kappa shape index (κ1) is 19.1. The van der Waals surface area contributed by atoms with Crippen molar-refractivity contribution in [3.8, 4) is 0 Å². The van der Waals surface area contributed by atoms with Crippen LogP contribution in [0.25, 0.3) is 0 Å². The average molecular weight is 435 g/mol. The fourth-order valence-electron chi connectivity index (χ4n) is 14.2. The lowest BCUT2D eigenvalue weighted by atomic mass is 9.46. The molecule has 0 aliphatic heterocycles. The van der Waals surface area contributed by atoms with E-state index >= 15 is 0 Å². The van der Waals surface area contributed by atoms with Crippen molar-refractivity contribution in [2.75, 3.05) is 0 Å². The molecule has 0 saturated heterocycles. The lowest BCUT2D eigenvalue weighted by molar-refractivity contribution is -0.117. The molecule has 0 radical (unpaired) electrons. The van der Waals surface area contributed by atoms with Gasteiger partial charge in [0.05, 0.1) is 0 Å². The largest absolute Gasteiger partial charge is 0.306 e. The van der Waals surface area contributed by atoms with Crippen molar-refractivity contribution in [1.82, 2.24) is 10.6 Å². The third-order valence-electron chi connectivity index (χ3n) is 13.2. The van der Waals surface area contributed by atoms with Gasteiger partial charge in [-0.15, -0.1) is 0 Å². The molecule has 0 heterocycles. The van der Waals surface area contributed by atoms with Gasteiger partial charge in [-0.25, -0.2) is 0 Å². The van der Waals surface area contributed by atoms with Crippen LogP contribution in [-0.2, 0) is 0 Å².